The van der Waals surface area contributed by atoms with Crippen LogP contribution in [0.5, 0.6) is 0 Å². The number of benzene rings is 2. The van der Waals surface area contributed by atoms with Gasteiger partial charge in [0.05, 0.1) is 12.5 Å². The molecule has 8 nitrogen and oxygen atoms in total. The van der Waals surface area contributed by atoms with Crippen LogP contribution in [-0.2, 0) is 14.4 Å². The number of aryl methyl sites for hydroxylation is 2. The Kier molecular flexibility index (Phi) is 10.5. The number of aliphatic carboxylic acids is 1. The summed E-state index contributed by atoms with van der Waals surface area (Å²) in [6.07, 6.45) is 2.19. The first-order valence-corrected chi connectivity index (χ1v) is 15.2. The summed E-state index contributed by atoms with van der Waals surface area (Å²) < 4.78 is 44.3. The summed E-state index contributed by atoms with van der Waals surface area (Å²) in [5, 5.41) is 15.0. The maximum Gasteiger partial charge on any atom is 0.305 e. The number of hydrogen-bond donors (Lipinski definition) is 3. The quantitative estimate of drug-likeness (QED) is 0.324. The standard InChI is InChI=1S/C34H41F3N4O4/c1-17(2)9-27(40-34(45)28-12-18(3)23-7-8-41(6)16-29(23)38-28)33(44)39-26(15-30(42)43)24-13-21(14-25(36)32(24)37)31-19(4)10-22(35)11-20(31)5/h10-14,17-18,23,26-27H,7-9,15-16H2,1-6H3,(H,39,44)(H,40,45)(H,42,43)/t18?,23?,26-,27-/m0/s1. The largest absolute Gasteiger partial charge is 0.481 e. The lowest BCUT2D eigenvalue weighted by Crippen LogP contribution is -2.49. The van der Waals surface area contributed by atoms with Gasteiger partial charge in [-0.05, 0) is 105 Å². The number of carboxylic acids is 1. The fourth-order valence-corrected chi connectivity index (χ4v) is 6.36. The van der Waals surface area contributed by atoms with Crippen LogP contribution in [0.25, 0.3) is 11.1 Å². The molecule has 2 aromatic carbocycles. The van der Waals surface area contributed by atoms with Crippen LogP contribution in [0.15, 0.2) is 41.0 Å². The van der Waals surface area contributed by atoms with E-state index in [1.165, 1.54) is 18.2 Å². The minimum atomic E-state index is -1.47. The summed E-state index contributed by atoms with van der Waals surface area (Å²) in [6.45, 7) is 10.6. The second kappa shape index (κ2) is 14.0. The van der Waals surface area contributed by atoms with E-state index in [9.17, 15) is 28.3 Å². The zero-order chi connectivity index (χ0) is 33.2. The van der Waals surface area contributed by atoms with Crippen molar-refractivity contribution in [2.75, 3.05) is 20.1 Å². The molecular weight excluding hydrogens is 585 g/mol. The number of halogens is 3. The zero-order valence-electron chi connectivity index (χ0n) is 26.5. The molecule has 1 fully saturated rings. The molecule has 45 heavy (non-hydrogen) atoms. The molecule has 0 saturated carbocycles. The molecule has 2 amide bonds. The highest BCUT2D eigenvalue weighted by Gasteiger charge is 2.34. The Bertz CT molecular complexity index is 1530. The molecule has 2 aliphatic heterocycles. The van der Waals surface area contributed by atoms with Gasteiger partial charge in [0.15, 0.2) is 11.6 Å². The number of allylic oxidation sites excluding steroid dienone is 1. The number of hydrogen-bond acceptors (Lipinski definition) is 5. The smallest absolute Gasteiger partial charge is 0.305 e. The van der Waals surface area contributed by atoms with Crippen molar-refractivity contribution >= 4 is 23.5 Å². The molecule has 242 valence electrons. The van der Waals surface area contributed by atoms with Crippen LogP contribution in [0.1, 0.15) is 62.8 Å². The molecule has 2 heterocycles. The highest BCUT2D eigenvalue weighted by molar-refractivity contribution is 6.02. The number of amides is 2. The monoisotopic (exact) mass is 626 g/mol. The number of likely N-dealkylation sites (tertiary alicyclic amines) is 1. The van der Waals surface area contributed by atoms with Gasteiger partial charge in [-0.2, -0.15) is 0 Å². The molecule has 0 spiro atoms. The van der Waals surface area contributed by atoms with E-state index in [4.69, 9.17) is 0 Å². The van der Waals surface area contributed by atoms with Crippen molar-refractivity contribution < 1.29 is 32.7 Å². The van der Waals surface area contributed by atoms with Crippen LogP contribution in [-0.4, -0.2) is 59.7 Å². The average Bonchev–Trinajstić information content (AvgIpc) is 2.92. The number of nitrogens with zero attached hydrogens (tertiary/aromatic N) is 2. The molecule has 2 unspecified atom stereocenters. The maximum atomic E-state index is 15.3. The average molecular weight is 627 g/mol. The third-order valence-corrected chi connectivity index (χ3v) is 8.48. The summed E-state index contributed by atoms with van der Waals surface area (Å²) >= 11 is 0. The number of rotatable bonds is 10. The number of fused-ring (bicyclic) bond motifs is 1. The fraction of sp³-hybridized carbons (Fsp3) is 0.471. The van der Waals surface area contributed by atoms with E-state index >= 15 is 4.39 Å². The first-order chi connectivity index (χ1) is 21.1. The Morgan fingerprint density at radius 2 is 1.73 bits per heavy atom. The lowest BCUT2D eigenvalue weighted by atomic mass is 9.81. The van der Waals surface area contributed by atoms with Crippen molar-refractivity contribution in [3.8, 4) is 11.1 Å². The number of carbonyl (C=O) groups is 3. The second-order valence-electron chi connectivity index (χ2n) is 12.7. The number of carbonyl (C=O) groups excluding carboxylic acids is 2. The number of piperidine rings is 1. The Morgan fingerprint density at radius 3 is 2.36 bits per heavy atom. The van der Waals surface area contributed by atoms with Gasteiger partial charge in [-0.3, -0.25) is 19.4 Å². The molecule has 0 bridgehead atoms. The van der Waals surface area contributed by atoms with Crippen molar-refractivity contribution in [1.29, 1.82) is 0 Å². The molecule has 0 radical (unpaired) electrons. The Balaban J connectivity index is 1.63. The van der Waals surface area contributed by atoms with E-state index < -0.39 is 53.7 Å². The van der Waals surface area contributed by atoms with Gasteiger partial charge in [0.2, 0.25) is 5.91 Å². The van der Waals surface area contributed by atoms with Crippen LogP contribution in [0.2, 0.25) is 0 Å². The van der Waals surface area contributed by atoms with Crippen molar-refractivity contribution in [1.82, 2.24) is 15.5 Å². The van der Waals surface area contributed by atoms with Gasteiger partial charge in [-0.15, -0.1) is 0 Å². The molecule has 0 aliphatic carbocycles. The normalized spacial score (nSPS) is 19.7. The first-order valence-electron chi connectivity index (χ1n) is 15.2. The topological polar surface area (TPSA) is 111 Å². The van der Waals surface area contributed by atoms with Crippen LogP contribution in [0, 0.1) is 49.1 Å². The van der Waals surface area contributed by atoms with E-state index in [0.29, 0.717) is 23.2 Å². The predicted octanol–water partition coefficient (Wildman–Crippen LogP) is 5.48. The molecule has 2 aromatic rings. The Morgan fingerprint density at radius 1 is 1.07 bits per heavy atom. The van der Waals surface area contributed by atoms with E-state index in [-0.39, 0.29) is 41.0 Å². The van der Waals surface area contributed by atoms with Gasteiger partial charge in [0.25, 0.3) is 5.91 Å². The van der Waals surface area contributed by atoms with Crippen LogP contribution in [0.4, 0.5) is 13.2 Å². The highest BCUT2D eigenvalue weighted by atomic mass is 19.2. The molecule has 4 rings (SSSR count). The molecule has 11 heteroatoms. The van der Waals surface area contributed by atoms with Crippen LogP contribution >= 0.6 is 0 Å². The second-order valence-corrected chi connectivity index (χ2v) is 12.7. The molecular formula is C34H41F3N4O4. The molecule has 3 N–H and O–H groups in total. The summed E-state index contributed by atoms with van der Waals surface area (Å²) in [4.78, 5) is 45.7. The first kappa shape index (κ1) is 33.9. The van der Waals surface area contributed by atoms with Crippen LogP contribution < -0.4 is 10.6 Å². The highest BCUT2D eigenvalue weighted by Crippen LogP contribution is 2.34. The van der Waals surface area contributed by atoms with Crippen molar-refractivity contribution in [3.63, 3.8) is 0 Å². The Labute approximate surface area is 261 Å². The van der Waals surface area contributed by atoms with E-state index in [2.05, 4.69) is 20.5 Å². The lowest BCUT2D eigenvalue weighted by Gasteiger charge is -2.35. The van der Waals surface area contributed by atoms with Crippen LogP contribution in [0.3, 0.4) is 0 Å². The van der Waals surface area contributed by atoms with Gasteiger partial charge in [-0.25, -0.2) is 13.2 Å². The third kappa shape index (κ3) is 8.00. The summed E-state index contributed by atoms with van der Waals surface area (Å²) in [5.41, 5.74) is 2.37. The van der Waals surface area contributed by atoms with Gasteiger partial charge >= 0.3 is 5.97 Å². The minimum Gasteiger partial charge on any atom is -0.481 e. The summed E-state index contributed by atoms with van der Waals surface area (Å²) in [5.74, 6) is -5.39. The van der Waals surface area contributed by atoms with Crippen molar-refractivity contribution in [2.24, 2.45) is 22.7 Å². The minimum absolute atomic E-state index is 0.0529. The molecule has 1 saturated heterocycles. The third-order valence-electron chi connectivity index (χ3n) is 8.48. The number of carboxylic acid groups (broad SMARTS) is 1. The number of nitrogens with one attached hydrogen (secondary N) is 2. The van der Waals surface area contributed by atoms with Crippen molar-refractivity contribution in [3.05, 3.63) is 70.2 Å². The molecule has 2 aliphatic rings. The molecule has 4 atom stereocenters. The van der Waals surface area contributed by atoms with E-state index in [1.807, 2.05) is 27.8 Å². The maximum absolute atomic E-state index is 15.3. The molecule has 0 aromatic heterocycles. The lowest BCUT2D eigenvalue weighted by molar-refractivity contribution is -0.138. The van der Waals surface area contributed by atoms with Gasteiger partial charge in [0.1, 0.15) is 17.6 Å². The van der Waals surface area contributed by atoms with Crippen molar-refractivity contribution in [2.45, 2.75) is 66.0 Å². The summed E-state index contributed by atoms with van der Waals surface area (Å²) in [7, 11) is 1.99. The fourth-order valence-electron chi connectivity index (χ4n) is 6.36. The van der Waals surface area contributed by atoms with Gasteiger partial charge in [-0.1, -0.05) is 20.8 Å². The van der Waals surface area contributed by atoms with Gasteiger partial charge in [0, 0.05) is 23.7 Å². The van der Waals surface area contributed by atoms with Gasteiger partial charge < -0.3 is 20.6 Å². The predicted molar refractivity (Wildman–Crippen MR) is 166 cm³/mol. The number of aliphatic imine (C=N–C) groups is 1. The Hall–Kier alpha value is -3.99. The SMILES string of the molecule is Cc1cc(F)cc(C)c1-c1cc(F)c(F)c([C@H](CC(=O)O)NC(=O)[C@H](CC(C)C)NC(=O)C2=CC(C)C3CCN(C)CC3=N2)c1. The van der Waals surface area contributed by atoms with E-state index in [0.717, 1.165) is 24.7 Å². The summed E-state index contributed by atoms with van der Waals surface area (Å²) in [6, 6.07) is 2.19. The zero-order valence-corrected chi connectivity index (χ0v) is 26.5. The van der Waals surface area contributed by atoms with E-state index in [1.54, 1.807) is 19.9 Å².